The van der Waals surface area contributed by atoms with Gasteiger partial charge in [-0.05, 0) is 37.4 Å². The number of rotatable bonds is 6. The predicted molar refractivity (Wildman–Crippen MR) is 97.6 cm³/mol. The van der Waals surface area contributed by atoms with Crippen molar-refractivity contribution in [2.45, 2.75) is 45.6 Å². The van der Waals surface area contributed by atoms with Crippen molar-refractivity contribution in [3.05, 3.63) is 42.1 Å². The quantitative estimate of drug-likeness (QED) is 0.655. The fraction of sp³-hybridized carbons (Fsp3) is 0.526. The van der Waals surface area contributed by atoms with Crippen LogP contribution in [0.15, 0.2) is 33.5 Å². The molecule has 8 heteroatoms. The number of nitrogens with zero attached hydrogens (tertiary/aromatic N) is 6. The van der Waals surface area contributed by atoms with Crippen molar-refractivity contribution >= 4 is 0 Å². The van der Waals surface area contributed by atoms with E-state index in [1.165, 1.54) is 0 Å². The summed E-state index contributed by atoms with van der Waals surface area (Å²) < 4.78 is 11.3. The van der Waals surface area contributed by atoms with Crippen molar-refractivity contribution < 1.29 is 8.94 Å². The van der Waals surface area contributed by atoms with Crippen LogP contribution in [0.1, 0.15) is 50.2 Å². The number of aromatic nitrogens is 5. The standard InChI is InChI=1S/C19H24N6O2/c1-13(2)9-16-21-18(27-24-16)15-6-4-8-25(11-15)12-17-22-23-19(26-17)14-5-3-7-20-10-14/h3,5,7,10,13,15H,4,6,8-9,11-12H2,1-2H3. The topological polar surface area (TPSA) is 94.0 Å². The molecule has 8 nitrogen and oxygen atoms in total. The van der Waals surface area contributed by atoms with Gasteiger partial charge in [0.15, 0.2) is 5.82 Å². The number of hydrogen-bond acceptors (Lipinski definition) is 8. The molecule has 0 N–H and O–H groups in total. The number of hydrogen-bond donors (Lipinski definition) is 0. The zero-order valence-corrected chi connectivity index (χ0v) is 15.7. The third-order valence-electron chi connectivity index (χ3n) is 4.66. The summed E-state index contributed by atoms with van der Waals surface area (Å²) in [6.45, 7) is 6.78. The van der Waals surface area contributed by atoms with E-state index in [9.17, 15) is 0 Å². The first kappa shape index (κ1) is 17.8. The average Bonchev–Trinajstić information content (AvgIpc) is 3.32. The fourth-order valence-corrected chi connectivity index (χ4v) is 3.40. The Morgan fingerprint density at radius 3 is 3.04 bits per heavy atom. The Morgan fingerprint density at radius 1 is 1.30 bits per heavy atom. The lowest BCUT2D eigenvalue weighted by Crippen LogP contribution is -2.34. The van der Waals surface area contributed by atoms with E-state index in [0.29, 0.717) is 24.2 Å². The SMILES string of the molecule is CC(C)Cc1noc(C2CCCN(Cc3nnc(-c4cccnc4)o3)C2)n1. The fourth-order valence-electron chi connectivity index (χ4n) is 3.40. The number of piperidine rings is 1. The summed E-state index contributed by atoms with van der Waals surface area (Å²) in [7, 11) is 0. The zero-order valence-electron chi connectivity index (χ0n) is 15.7. The van der Waals surface area contributed by atoms with Gasteiger partial charge >= 0.3 is 0 Å². The molecule has 0 aliphatic carbocycles. The summed E-state index contributed by atoms with van der Waals surface area (Å²) in [4.78, 5) is 11.0. The van der Waals surface area contributed by atoms with Gasteiger partial charge in [0.05, 0.1) is 18.0 Å². The maximum atomic E-state index is 5.81. The zero-order chi connectivity index (χ0) is 18.6. The van der Waals surface area contributed by atoms with E-state index >= 15 is 0 Å². The highest BCUT2D eigenvalue weighted by Crippen LogP contribution is 2.27. The Bertz CT molecular complexity index is 860. The summed E-state index contributed by atoms with van der Waals surface area (Å²) in [5.41, 5.74) is 0.830. The molecule has 4 heterocycles. The molecule has 0 amide bonds. The van der Waals surface area contributed by atoms with E-state index in [0.717, 1.165) is 49.6 Å². The van der Waals surface area contributed by atoms with Crippen LogP contribution in [0.2, 0.25) is 0 Å². The molecule has 0 saturated carbocycles. The Hall–Kier alpha value is -2.61. The van der Waals surface area contributed by atoms with Crippen LogP contribution >= 0.6 is 0 Å². The smallest absolute Gasteiger partial charge is 0.249 e. The van der Waals surface area contributed by atoms with Gasteiger partial charge in [0.25, 0.3) is 0 Å². The Kier molecular flexibility index (Phi) is 5.24. The lowest BCUT2D eigenvalue weighted by atomic mass is 9.98. The number of likely N-dealkylation sites (tertiary alicyclic amines) is 1. The van der Waals surface area contributed by atoms with E-state index in [1.807, 2.05) is 12.1 Å². The second kappa shape index (κ2) is 7.96. The van der Waals surface area contributed by atoms with E-state index in [-0.39, 0.29) is 5.92 Å². The lowest BCUT2D eigenvalue weighted by Gasteiger charge is -2.29. The molecule has 4 rings (SSSR count). The minimum Gasteiger partial charge on any atom is -0.419 e. The van der Waals surface area contributed by atoms with E-state index in [1.54, 1.807) is 12.4 Å². The molecule has 0 bridgehead atoms. The second-order valence-corrected chi connectivity index (χ2v) is 7.46. The van der Waals surface area contributed by atoms with Crippen LogP contribution < -0.4 is 0 Å². The minimum atomic E-state index is 0.257. The first-order valence-corrected chi connectivity index (χ1v) is 9.45. The van der Waals surface area contributed by atoms with Crippen LogP contribution in [0.25, 0.3) is 11.5 Å². The van der Waals surface area contributed by atoms with Gasteiger partial charge in [-0.1, -0.05) is 19.0 Å². The summed E-state index contributed by atoms with van der Waals surface area (Å²) in [6.07, 6.45) is 6.43. The van der Waals surface area contributed by atoms with E-state index in [2.05, 4.69) is 44.1 Å². The van der Waals surface area contributed by atoms with Crippen LogP contribution in [0.3, 0.4) is 0 Å². The van der Waals surface area contributed by atoms with Crippen molar-refractivity contribution in [1.82, 2.24) is 30.2 Å². The van der Waals surface area contributed by atoms with Crippen LogP contribution in [0.4, 0.5) is 0 Å². The van der Waals surface area contributed by atoms with E-state index < -0.39 is 0 Å². The van der Waals surface area contributed by atoms with Gasteiger partial charge in [0.1, 0.15) is 0 Å². The van der Waals surface area contributed by atoms with Crippen molar-refractivity contribution in [1.29, 1.82) is 0 Å². The first-order valence-electron chi connectivity index (χ1n) is 9.45. The molecule has 1 atom stereocenters. The molecule has 27 heavy (non-hydrogen) atoms. The molecule has 1 saturated heterocycles. The molecule has 142 valence electrons. The molecule has 0 spiro atoms. The molecule has 1 aliphatic heterocycles. The Labute approximate surface area is 158 Å². The molecule has 1 unspecified atom stereocenters. The predicted octanol–water partition coefficient (Wildman–Crippen LogP) is 3.09. The van der Waals surface area contributed by atoms with Gasteiger partial charge in [0.2, 0.25) is 17.7 Å². The molecule has 1 fully saturated rings. The third kappa shape index (κ3) is 4.39. The largest absolute Gasteiger partial charge is 0.419 e. The summed E-state index contributed by atoms with van der Waals surface area (Å²) in [5, 5.41) is 12.4. The van der Waals surface area contributed by atoms with Crippen LogP contribution in [0, 0.1) is 5.92 Å². The molecule has 1 aliphatic rings. The molecule has 3 aromatic rings. The van der Waals surface area contributed by atoms with Crippen molar-refractivity contribution in [2.24, 2.45) is 5.92 Å². The maximum absolute atomic E-state index is 5.81. The van der Waals surface area contributed by atoms with Crippen LogP contribution in [-0.2, 0) is 13.0 Å². The van der Waals surface area contributed by atoms with Crippen molar-refractivity contribution in [3.8, 4) is 11.5 Å². The van der Waals surface area contributed by atoms with Crippen LogP contribution in [0.5, 0.6) is 0 Å². The second-order valence-electron chi connectivity index (χ2n) is 7.46. The molecular formula is C19H24N6O2. The van der Waals surface area contributed by atoms with Crippen molar-refractivity contribution in [3.63, 3.8) is 0 Å². The summed E-state index contributed by atoms with van der Waals surface area (Å²) in [5.74, 6) is 3.44. The lowest BCUT2D eigenvalue weighted by molar-refractivity contribution is 0.167. The highest BCUT2D eigenvalue weighted by molar-refractivity contribution is 5.49. The van der Waals surface area contributed by atoms with Gasteiger partial charge in [0, 0.05) is 25.4 Å². The highest BCUT2D eigenvalue weighted by atomic mass is 16.5. The molecular weight excluding hydrogens is 344 g/mol. The Morgan fingerprint density at radius 2 is 2.22 bits per heavy atom. The summed E-state index contributed by atoms with van der Waals surface area (Å²) in [6, 6.07) is 3.76. The van der Waals surface area contributed by atoms with Gasteiger partial charge in [-0.15, -0.1) is 10.2 Å². The Balaban J connectivity index is 1.39. The average molecular weight is 368 g/mol. The minimum absolute atomic E-state index is 0.257. The van der Waals surface area contributed by atoms with Gasteiger partial charge in [-0.25, -0.2) is 0 Å². The monoisotopic (exact) mass is 368 g/mol. The highest BCUT2D eigenvalue weighted by Gasteiger charge is 2.27. The van der Waals surface area contributed by atoms with Crippen LogP contribution in [-0.4, -0.2) is 43.3 Å². The number of pyridine rings is 1. The molecule has 3 aromatic heterocycles. The molecule has 0 radical (unpaired) electrons. The molecule has 0 aromatic carbocycles. The normalized spacial score (nSPS) is 18.3. The maximum Gasteiger partial charge on any atom is 0.249 e. The first-order chi connectivity index (χ1) is 13.2. The van der Waals surface area contributed by atoms with Gasteiger partial charge in [-0.3, -0.25) is 9.88 Å². The van der Waals surface area contributed by atoms with Gasteiger partial charge in [-0.2, -0.15) is 4.98 Å². The van der Waals surface area contributed by atoms with E-state index in [4.69, 9.17) is 8.94 Å². The summed E-state index contributed by atoms with van der Waals surface area (Å²) >= 11 is 0. The van der Waals surface area contributed by atoms with Gasteiger partial charge < -0.3 is 8.94 Å². The third-order valence-corrected chi connectivity index (χ3v) is 4.66. The van der Waals surface area contributed by atoms with Crippen molar-refractivity contribution in [2.75, 3.05) is 13.1 Å².